The number of aryl methyl sites for hydroxylation is 2. The molecular weight excluding hydrogens is 444 g/mol. The Morgan fingerprint density at radius 2 is 2.00 bits per heavy atom. The molecule has 0 aliphatic carbocycles. The summed E-state index contributed by atoms with van der Waals surface area (Å²) in [7, 11) is 1.24. The van der Waals surface area contributed by atoms with Gasteiger partial charge in [-0.25, -0.2) is 9.78 Å². The topological polar surface area (TPSA) is 123 Å². The highest BCUT2D eigenvalue weighted by atomic mass is 32.2. The van der Waals surface area contributed by atoms with Gasteiger partial charge in [-0.2, -0.15) is 0 Å². The highest BCUT2D eigenvalue weighted by Gasteiger charge is 2.23. The molecule has 0 aliphatic rings. The third kappa shape index (κ3) is 5.17. The van der Waals surface area contributed by atoms with Gasteiger partial charge in [0.15, 0.2) is 6.61 Å². The fourth-order valence-electron chi connectivity index (χ4n) is 3.08. The van der Waals surface area contributed by atoms with Crippen LogP contribution in [-0.2, 0) is 16.1 Å². The fraction of sp³-hybridized carbons (Fsp3) is 0.217. The third-order valence-corrected chi connectivity index (χ3v) is 5.61. The molecule has 0 radical (unpaired) electrons. The minimum absolute atomic E-state index is 0.000950. The van der Waals surface area contributed by atoms with Crippen molar-refractivity contribution in [3.63, 3.8) is 0 Å². The van der Waals surface area contributed by atoms with Crippen LogP contribution in [0.3, 0.4) is 0 Å². The molecule has 0 unspecified atom stereocenters. The number of nitrogens with one attached hydrogen (secondary N) is 1. The van der Waals surface area contributed by atoms with Crippen LogP contribution in [0, 0.1) is 13.8 Å². The fourth-order valence-corrected chi connectivity index (χ4v) is 3.74. The number of carbonyl (C=O) groups is 1. The number of rotatable bonds is 8. The van der Waals surface area contributed by atoms with E-state index in [9.17, 15) is 9.90 Å². The molecule has 2 N–H and O–H groups in total. The quantitative estimate of drug-likeness (QED) is 0.168. The van der Waals surface area contributed by atoms with E-state index in [1.165, 1.54) is 7.11 Å². The van der Waals surface area contributed by atoms with Crippen molar-refractivity contribution in [2.24, 2.45) is 0 Å². The predicted molar refractivity (Wildman–Crippen MR) is 123 cm³/mol. The molecule has 0 atom stereocenters. The summed E-state index contributed by atoms with van der Waals surface area (Å²) in [6.45, 7) is 4.06. The number of benzene rings is 2. The summed E-state index contributed by atoms with van der Waals surface area (Å²) < 4.78 is 16.2. The number of hydrogen-bond donors (Lipinski definition) is 2. The molecule has 2 aromatic carbocycles. The molecule has 0 fully saturated rings. The van der Waals surface area contributed by atoms with Gasteiger partial charge in [0.25, 0.3) is 11.1 Å². The number of aliphatic hydroxyl groups is 1. The lowest BCUT2D eigenvalue weighted by molar-refractivity contribution is -0.133. The lowest BCUT2D eigenvalue weighted by atomic mass is 10.1. The molecule has 4 rings (SSSR count). The lowest BCUT2D eigenvalue weighted by Gasteiger charge is -2.07. The molecule has 2 heterocycles. The second-order valence-corrected chi connectivity index (χ2v) is 8.15. The second-order valence-electron chi connectivity index (χ2n) is 7.22. The summed E-state index contributed by atoms with van der Waals surface area (Å²) in [4.78, 5) is 19.7. The number of fused-ring (bicyclic) bond motifs is 1. The molecule has 2 aromatic heterocycles. The number of hydrogen-bond acceptors (Lipinski definition) is 9. The Morgan fingerprint density at radius 1 is 1.18 bits per heavy atom. The van der Waals surface area contributed by atoms with E-state index < -0.39 is 5.97 Å². The number of thioether (sulfide) groups is 1. The number of ether oxygens (including phenoxy) is 2. The first-order valence-corrected chi connectivity index (χ1v) is 11.0. The summed E-state index contributed by atoms with van der Waals surface area (Å²) >= 11 is 1.08. The van der Waals surface area contributed by atoms with Crippen LogP contribution in [0.25, 0.3) is 16.6 Å². The Hall–Kier alpha value is -3.79. The zero-order valence-electron chi connectivity index (χ0n) is 18.3. The molecule has 0 spiro atoms. The number of imidazole rings is 1. The smallest absolute Gasteiger partial charge is 0.345 e. The van der Waals surface area contributed by atoms with Gasteiger partial charge in [0.1, 0.15) is 22.9 Å². The van der Waals surface area contributed by atoms with Gasteiger partial charge in [-0.3, -0.25) is 0 Å². The molecule has 33 heavy (non-hydrogen) atoms. The first-order valence-electron chi connectivity index (χ1n) is 10.1. The summed E-state index contributed by atoms with van der Waals surface area (Å²) in [5.41, 5.74) is 3.44. The Labute approximate surface area is 193 Å². The van der Waals surface area contributed by atoms with Crippen LogP contribution < -0.4 is 4.74 Å². The second kappa shape index (κ2) is 9.78. The van der Waals surface area contributed by atoms with Crippen molar-refractivity contribution in [3.05, 3.63) is 71.1 Å². The first-order chi connectivity index (χ1) is 15.9. The molecule has 0 amide bonds. The summed E-state index contributed by atoms with van der Waals surface area (Å²) in [5.74, 6) is 0.330. The van der Waals surface area contributed by atoms with Gasteiger partial charge < -0.3 is 24.0 Å². The molecule has 9 nitrogen and oxygen atoms in total. The molecule has 0 aliphatic heterocycles. The van der Waals surface area contributed by atoms with Crippen LogP contribution in [0.2, 0.25) is 0 Å². The molecule has 0 saturated heterocycles. The number of nitrogens with zero attached hydrogens (tertiary/aromatic N) is 3. The molecule has 4 aromatic rings. The average Bonchev–Trinajstić information content (AvgIpc) is 3.45. The highest BCUT2D eigenvalue weighted by Crippen LogP contribution is 2.26. The maximum Gasteiger partial charge on any atom is 0.345 e. The van der Waals surface area contributed by atoms with Crippen molar-refractivity contribution < 1.29 is 23.8 Å². The van der Waals surface area contributed by atoms with Crippen molar-refractivity contribution in [2.45, 2.75) is 25.7 Å². The van der Waals surface area contributed by atoms with Gasteiger partial charge >= 0.3 is 5.97 Å². The average molecular weight is 467 g/mol. The van der Waals surface area contributed by atoms with Gasteiger partial charge in [0.05, 0.1) is 23.9 Å². The van der Waals surface area contributed by atoms with E-state index in [-0.39, 0.29) is 34.7 Å². The first kappa shape index (κ1) is 22.4. The Morgan fingerprint density at radius 3 is 2.79 bits per heavy atom. The number of H-pyrrole nitrogens is 1. The van der Waals surface area contributed by atoms with Crippen LogP contribution in [0.15, 0.2) is 57.9 Å². The molecule has 0 saturated carbocycles. The zero-order chi connectivity index (χ0) is 23.4. The maximum absolute atomic E-state index is 12.3. The van der Waals surface area contributed by atoms with E-state index in [0.29, 0.717) is 11.4 Å². The van der Waals surface area contributed by atoms with Crippen LogP contribution in [0.4, 0.5) is 0 Å². The standard InChI is InChI=1S/C23H22N4O5S/c1-13-8-9-14(2)18(10-13)31-11-19-26-27-23(32-19)33-12-17(28)20(22(29)30-3)21-24-15-6-4-5-7-16(15)25-21/h4-10,28H,11-12H2,1-3H3,(H,24,25)/b20-17+. The van der Waals surface area contributed by atoms with Crippen LogP contribution in [-0.4, -0.2) is 44.1 Å². The molecular formula is C23H22N4O5S. The van der Waals surface area contributed by atoms with Crippen molar-refractivity contribution in [1.82, 2.24) is 20.2 Å². The summed E-state index contributed by atoms with van der Waals surface area (Å²) in [6, 6.07) is 13.2. The van der Waals surface area contributed by atoms with Gasteiger partial charge in [-0.1, -0.05) is 36.0 Å². The summed E-state index contributed by atoms with van der Waals surface area (Å²) in [5, 5.41) is 18.8. The van der Waals surface area contributed by atoms with Gasteiger partial charge in [-0.15, -0.1) is 10.2 Å². The number of aromatic nitrogens is 4. The van der Waals surface area contributed by atoms with E-state index in [2.05, 4.69) is 20.2 Å². The van der Waals surface area contributed by atoms with E-state index in [0.717, 1.165) is 34.2 Å². The predicted octanol–water partition coefficient (Wildman–Crippen LogP) is 4.38. The van der Waals surface area contributed by atoms with E-state index in [1.807, 2.05) is 50.2 Å². The lowest BCUT2D eigenvalue weighted by Crippen LogP contribution is -2.09. The zero-order valence-corrected chi connectivity index (χ0v) is 19.1. The SMILES string of the molecule is COC(=O)/C(=C(/O)CSc1nnc(COc2cc(C)ccc2C)o1)c1nc2ccccc2[nH]1. The monoisotopic (exact) mass is 466 g/mol. The Bertz CT molecular complexity index is 1290. The number of aromatic amines is 1. The highest BCUT2D eigenvalue weighted by molar-refractivity contribution is 7.99. The minimum atomic E-state index is -0.708. The van der Waals surface area contributed by atoms with Crippen molar-refractivity contribution >= 4 is 34.3 Å². The van der Waals surface area contributed by atoms with E-state index >= 15 is 0 Å². The molecule has 10 heteroatoms. The maximum atomic E-state index is 12.3. The van der Waals surface area contributed by atoms with E-state index in [4.69, 9.17) is 13.9 Å². The van der Waals surface area contributed by atoms with Crippen LogP contribution >= 0.6 is 11.8 Å². The largest absolute Gasteiger partial charge is 0.510 e. The summed E-state index contributed by atoms with van der Waals surface area (Å²) in [6.07, 6.45) is 0. The number of para-hydroxylation sites is 2. The van der Waals surface area contributed by atoms with Crippen molar-refractivity contribution in [1.29, 1.82) is 0 Å². The molecule has 170 valence electrons. The Balaban J connectivity index is 1.46. The third-order valence-electron chi connectivity index (χ3n) is 4.78. The number of aliphatic hydroxyl groups excluding tert-OH is 1. The van der Waals surface area contributed by atoms with Crippen LogP contribution in [0.5, 0.6) is 5.75 Å². The van der Waals surface area contributed by atoms with E-state index in [1.54, 1.807) is 6.07 Å². The van der Waals surface area contributed by atoms with Gasteiger partial charge in [-0.05, 0) is 43.2 Å². The van der Waals surface area contributed by atoms with Gasteiger partial charge in [0.2, 0.25) is 0 Å². The number of methoxy groups -OCH3 is 1. The Kier molecular flexibility index (Phi) is 6.64. The van der Waals surface area contributed by atoms with Crippen molar-refractivity contribution in [3.8, 4) is 5.75 Å². The van der Waals surface area contributed by atoms with Crippen LogP contribution in [0.1, 0.15) is 22.8 Å². The minimum Gasteiger partial charge on any atom is -0.510 e. The number of carbonyl (C=O) groups excluding carboxylic acids is 1. The normalized spacial score (nSPS) is 12.0. The number of esters is 1. The molecule has 0 bridgehead atoms. The van der Waals surface area contributed by atoms with Gasteiger partial charge in [0, 0.05) is 0 Å². The van der Waals surface area contributed by atoms with Crippen molar-refractivity contribution in [2.75, 3.05) is 12.9 Å².